The number of anilines is 2. The predicted octanol–water partition coefficient (Wildman–Crippen LogP) is 2.30. The van der Waals surface area contributed by atoms with Crippen LogP contribution in [0.3, 0.4) is 0 Å². The first-order chi connectivity index (χ1) is 15.7. The fraction of sp³-hybridized carbons (Fsp3) is 0.0476. The Morgan fingerprint density at radius 3 is 2.52 bits per heavy atom. The molecule has 1 aliphatic heterocycles. The van der Waals surface area contributed by atoms with Gasteiger partial charge in [-0.1, -0.05) is 30.3 Å². The molecule has 0 aliphatic carbocycles. The van der Waals surface area contributed by atoms with E-state index in [0.717, 1.165) is 6.07 Å². The zero-order valence-corrected chi connectivity index (χ0v) is 18.5. The van der Waals surface area contributed by atoms with Gasteiger partial charge in [0.25, 0.3) is 20.0 Å². The van der Waals surface area contributed by atoms with Gasteiger partial charge in [0.2, 0.25) is 5.91 Å². The molecule has 9 nitrogen and oxygen atoms in total. The maximum Gasteiger partial charge on any atom is 0.263 e. The Balaban J connectivity index is 1.47. The van der Waals surface area contributed by atoms with Crippen LogP contribution in [0.1, 0.15) is 5.56 Å². The van der Waals surface area contributed by atoms with Crippen LogP contribution in [0, 0.1) is 5.82 Å². The van der Waals surface area contributed by atoms with E-state index < -0.39 is 38.3 Å². The third-order valence-corrected chi connectivity index (χ3v) is 7.35. The highest BCUT2D eigenvalue weighted by atomic mass is 32.2. The average molecular weight is 489 g/mol. The van der Waals surface area contributed by atoms with Crippen molar-refractivity contribution in [1.82, 2.24) is 4.72 Å². The van der Waals surface area contributed by atoms with Gasteiger partial charge in [-0.3, -0.25) is 19.2 Å². The molecule has 0 aromatic heterocycles. The Hall–Kier alpha value is -3.77. The predicted molar refractivity (Wildman–Crippen MR) is 120 cm³/mol. The largest absolute Gasteiger partial charge is 0.324 e. The zero-order chi connectivity index (χ0) is 23.6. The Labute approximate surface area is 189 Å². The molecular formula is C21H17FN4O5S2. The lowest BCUT2D eigenvalue weighted by molar-refractivity contribution is -0.114. The molecule has 0 fully saturated rings. The van der Waals surface area contributed by atoms with Gasteiger partial charge in [0.05, 0.1) is 15.5 Å². The number of para-hydroxylation sites is 1. The van der Waals surface area contributed by atoms with Crippen LogP contribution < -0.4 is 14.8 Å². The summed E-state index contributed by atoms with van der Waals surface area (Å²) in [5, 5.41) is 2.51. The minimum absolute atomic E-state index is 0.0474. The van der Waals surface area contributed by atoms with E-state index in [2.05, 4.69) is 19.8 Å². The zero-order valence-electron chi connectivity index (χ0n) is 16.8. The maximum absolute atomic E-state index is 13.8. The Morgan fingerprint density at radius 2 is 1.73 bits per heavy atom. The number of nitrogens with zero attached hydrogens (tertiary/aromatic N) is 1. The van der Waals surface area contributed by atoms with Gasteiger partial charge in [0, 0.05) is 11.3 Å². The van der Waals surface area contributed by atoms with Crippen LogP contribution >= 0.6 is 0 Å². The number of carbonyl (C=O) groups is 1. The van der Waals surface area contributed by atoms with E-state index in [1.807, 2.05) is 0 Å². The minimum Gasteiger partial charge on any atom is -0.324 e. The molecular weight excluding hydrogens is 471 g/mol. The highest BCUT2D eigenvalue weighted by molar-refractivity contribution is 7.92. The van der Waals surface area contributed by atoms with Crippen LogP contribution in [0.15, 0.2) is 87.6 Å². The van der Waals surface area contributed by atoms with Gasteiger partial charge in [-0.25, -0.2) is 21.2 Å². The smallest absolute Gasteiger partial charge is 0.263 e. The normalized spacial score (nSPS) is 15.5. The first-order valence-electron chi connectivity index (χ1n) is 9.50. The van der Waals surface area contributed by atoms with Gasteiger partial charge in [-0.2, -0.15) is 0 Å². The average Bonchev–Trinajstić information content (AvgIpc) is 3.04. The van der Waals surface area contributed by atoms with Gasteiger partial charge in [-0.05, 0) is 42.5 Å². The van der Waals surface area contributed by atoms with Crippen LogP contribution in [0.5, 0.6) is 0 Å². The number of amidine groups is 1. The Morgan fingerprint density at radius 1 is 1.00 bits per heavy atom. The molecule has 0 atom stereocenters. The van der Waals surface area contributed by atoms with E-state index in [1.54, 1.807) is 18.2 Å². The third-order valence-electron chi connectivity index (χ3n) is 4.59. The first kappa shape index (κ1) is 22.4. The summed E-state index contributed by atoms with van der Waals surface area (Å²) in [6.07, 6.45) is 0. The van der Waals surface area contributed by atoms with Crippen LogP contribution in [-0.4, -0.2) is 35.1 Å². The van der Waals surface area contributed by atoms with Crippen molar-refractivity contribution in [3.63, 3.8) is 0 Å². The van der Waals surface area contributed by atoms with Crippen LogP contribution in [0.2, 0.25) is 0 Å². The molecule has 3 aromatic rings. The van der Waals surface area contributed by atoms with Crippen molar-refractivity contribution in [2.24, 2.45) is 4.99 Å². The van der Waals surface area contributed by atoms with E-state index in [-0.39, 0.29) is 27.0 Å². The molecule has 3 aromatic carbocycles. The van der Waals surface area contributed by atoms with Crippen molar-refractivity contribution in [2.75, 3.05) is 16.6 Å². The van der Waals surface area contributed by atoms with Gasteiger partial charge in [0.1, 0.15) is 18.2 Å². The molecule has 0 saturated heterocycles. The van der Waals surface area contributed by atoms with Gasteiger partial charge >= 0.3 is 0 Å². The molecule has 3 N–H and O–H groups in total. The number of hydrogen-bond acceptors (Lipinski definition) is 6. The van der Waals surface area contributed by atoms with Crippen molar-refractivity contribution < 1.29 is 26.0 Å². The fourth-order valence-electron chi connectivity index (χ4n) is 3.09. The summed E-state index contributed by atoms with van der Waals surface area (Å²) in [4.78, 5) is 16.3. The number of amides is 1. The summed E-state index contributed by atoms with van der Waals surface area (Å²) in [7, 11) is -7.84. The van der Waals surface area contributed by atoms with E-state index in [0.29, 0.717) is 5.56 Å². The lowest BCUT2D eigenvalue weighted by Gasteiger charge is -2.10. The molecule has 12 heteroatoms. The van der Waals surface area contributed by atoms with E-state index in [4.69, 9.17) is 0 Å². The summed E-state index contributed by atoms with van der Waals surface area (Å²) in [5.41, 5.74) is 0.323. The number of halogens is 1. The molecule has 0 spiro atoms. The molecule has 0 bridgehead atoms. The molecule has 1 heterocycles. The van der Waals surface area contributed by atoms with Crippen LogP contribution in [-0.2, 0) is 24.8 Å². The second-order valence-electron chi connectivity index (χ2n) is 6.93. The van der Waals surface area contributed by atoms with Crippen molar-refractivity contribution in [1.29, 1.82) is 0 Å². The van der Waals surface area contributed by atoms with Crippen molar-refractivity contribution >= 4 is 43.2 Å². The summed E-state index contributed by atoms with van der Waals surface area (Å²) in [6, 6.07) is 17.0. The number of rotatable bonds is 6. The number of benzene rings is 3. The number of aliphatic imine (C=N–C) groups is 1. The maximum atomic E-state index is 13.8. The fourth-order valence-corrected chi connectivity index (χ4v) is 5.46. The molecule has 0 saturated carbocycles. The summed E-state index contributed by atoms with van der Waals surface area (Å²) < 4.78 is 67.6. The van der Waals surface area contributed by atoms with E-state index in [1.165, 1.54) is 48.5 Å². The quantitative estimate of drug-likeness (QED) is 0.490. The molecule has 4 rings (SSSR count). The second kappa shape index (κ2) is 8.64. The lowest BCUT2D eigenvalue weighted by Crippen LogP contribution is -2.24. The van der Waals surface area contributed by atoms with Crippen LogP contribution in [0.4, 0.5) is 15.8 Å². The first-order valence-corrected chi connectivity index (χ1v) is 12.5. The highest BCUT2D eigenvalue weighted by Gasteiger charge is 2.30. The third kappa shape index (κ3) is 4.86. The number of fused-ring (bicyclic) bond motifs is 1. The van der Waals surface area contributed by atoms with E-state index >= 15 is 0 Å². The lowest BCUT2D eigenvalue weighted by atomic mass is 10.2. The van der Waals surface area contributed by atoms with Gasteiger partial charge in [-0.15, -0.1) is 0 Å². The molecule has 0 unspecified atom stereocenters. The summed E-state index contributed by atoms with van der Waals surface area (Å²) in [5.74, 6) is -1.28. The van der Waals surface area contributed by atoms with Gasteiger partial charge in [0.15, 0.2) is 0 Å². The highest BCUT2D eigenvalue weighted by Crippen LogP contribution is 2.23. The van der Waals surface area contributed by atoms with Crippen molar-refractivity contribution in [3.8, 4) is 0 Å². The summed E-state index contributed by atoms with van der Waals surface area (Å²) >= 11 is 0. The molecule has 170 valence electrons. The van der Waals surface area contributed by atoms with Gasteiger partial charge < -0.3 is 5.32 Å². The molecule has 33 heavy (non-hydrogen) atoms. The van der Waals surface area contributed by atoms with E-state index in [9.17, 15) is 26.0 Å². The SMILES string of the molecule is O=C(CN=C1NS(=O)(=O)c2ccccc21)Nc1cccc(S(=O)(=O)Nc2ccccc2F)c1. The van der Waals surface area contributed by atoms with Crippen LogP contribution in [0.25, 0.3) is 0 Å². The molecule has 1 aliphatic rings. The number of sulfonamides is 2. The molecule has 0 radical (unpaired) electrons. The number of hydrogen-bond donors (Lipinski definition) is 3. The number of nitrogens with one attached hydrogen (secondary N) is 3. The Bertz CT molecular complexity index is 1490. The topological polar surface area (TPSA) is 134 Å². The van der Waals surface area contributed by atoms with Crippen molar-refractivity contribution in [2.45, 2.75) is 9.79 Å². The monoisotopic (exact) mass is 488 g/mol. The summed E-state index contributed by atoms with van der Waals surface area (Å²) in [6.45, 7) is -0.406. The van der Waals surface area contributed by atoms with Crippen molar-refractivity contribution in [3.05, 3.63) is 84.2 Å². The Kier molecular flexibility index (Phi) is 5.87. The standard InChI is InChI=1S/C21H17FN4O5S2/c22-17-9-2-3-10-18(17)25-32(28,29)15-7-5-6-14(12-15)24-20(27)13-23-21-16-8-1-4-11-19(16)33(30,31)26-21/h1-12,25H,13H2,(H,23,26)(H,24,27). The minimum atomic E-state index is -4.11. The second-order valence-corrected chi connectivity index (χ2v) is 10.3. The molecule has 1 amide bonds. The number of carbonyl (C=O) groups excluding carboxylic acids is 1.